The van der Waals surface area contributed by atoms with Gasteiger partial charge in [0.25, 0.3) is 0 Å². The monoisotopic (exact) mass is 440 g/mol. The van der Waals surface area contributed by atoms with Crippen molar-refractivity contribution in [2.45, 2.75) is 82.8 Å². The summed E-state index contributed by atoms with van der Waals surface area (Å²) in [5.74, 6) is 1.72. The summed E-state index contributed by atoms with van der Waals surface area (Å²) >= 11 is 1.18. The van der Waals surface area contributed by atoms with Crippen LogP contribution in [0.5, 0.6) is 0 Å². The second-order valence-corrected chi connectivity index (χ2v) is 10.8. The van der Waals surface area contributed by atoms with Gasteiger partial charge in [-0.15, -0.1) is 0 Å². The number of anilines is 1. The number of carbonyl (C=O) groups excluding carboxylic acids is 1. The Balaban J connectivity index is 1.29. The van der Waals surface area contributed by atoms with Crippen LogP contribution in [0.2, 0.25) is 0 Å². The van der Waals surface area contributed by atoms with Crippen molar-refractivity contribution in [2.24, 2.45) is 11.8 Å². The summed E-state index contributed by atoms with van der Waals surface area (Å²) in [7, 11) is 0. The van der Waals surface area contributed by atoms with E-state index in [1.807, 2.05) is 13.0 Å². The van der Waals surface area contributed by atoms with E-state index < -0.39 is 5.60 Å². The third-order valence-corrected chi connectivity index (χ3v) is 8.06. The highest BCUT2D eigenvalue weighted by Gasteiger charge is 2.39. The van der Waals surface area contributed by atoms with Gasteiger partial charge in [0.2, 0.25) is 0 Å². The zero-order valence-corrected chi connectivity index (χ0v) is 19.5. The first-order chi connectivity index (χ1) is 14.8. The minimum absolute atomic E-state index is 0.222. The molecule has 5 rings (SSSR count). The smallest absolute Gasteiger partial charge is 0.329 e. The van der Waals surface area contributed by atoms with Gasteiger partial charge in [0.15, 0.2) is 5.09 Å². The molecule has 3 aliphatic carbocycles. The molecule has 6 heteroatoms. The lowest BCUT2D eigenvalue weighted by Gasteiger charge is -2.35. The molecular formula is C25H32N2O3S. The van der Waals surface area contributed by atoms with E-state index >= 15 is 0 Å². The molecule has 3 N–H and O–H groups in total. The molecule has 0 saturated carbocycles. The number of carbonyl (C=O) groups is 1. The van der Waals surface area contributed by atoms with Crippen molar-refractivity contribution in [2.75, 3.05) is 5.32 Å². The third-order valence-electron chi connectivity index (χ3n) is 7.37. The second-order valence-electron chi connectivity index (χ2n) is 9.98. The molecular weight excluding hydrogens is 408 g/mol. The van der Waals surface area contributed by atoms with Gasteiger partial charge in [0.05, 0.1) is 5.60 Å². The van der Waals surface area contributed by atoms with Crippen molar-refractivity contribution in [3.8, 4) is 0 Å². The van der Waals surface area contributed by atoms with E-state index in [-0.39, 0.29) is 6.03 Å². The van der Waals surface area contributed by atoms with Crippen LogP contribution in [-0.2, 0) is 37.7 Å². The highest BCUT2D eigenvalue weighted by Crippen LogP contribution is 2.43. The average molecular weight is 441 g/mol. The fourth-order valence-electron chi connectivity index (χ4n) is 5.67. The Kier molecular flexibility index (Phi) is 5.33. The van der Waals surface area contributed by atoms with Gasteiger partial charge in [-0.2, -0.15) is 0 Å². The summed E-state index contributed by atoms with van der Waals surface area (Å²) in [5.41, 5.74) is 6.47. The fourth-order valence-corrected chi connectivity index (χ4v) is 6.23. The van der Waals surface area contributed by atoms with Gasteiger partial charge in [-0.3, -0.25) is 4.72 Å². The number of hydrogen-bond acceptors (Lipinski definition) is 4. The molecule has 1 aromatic heterocycles. The third kappa shape index (κ3) is 3.89. The standard InChI is InChI=1S/C25H32N2O3S/c1-14(2)17-11-21-20(25(3,29)13-17)12-22(30-21)31-27-24(28)26-23-18-8-4-6-15(18)10-16-7-5-9-19(16)23/h10,12,14,17,29H,4-9,11,13H2,1-3H3,(H2,26,27,28). The highest BCUT2D eigenvalue weighted by molar-refractivity contribution is 7.97. The fraction of sp³-hybridized carbons (Fsp3) is 0.560. The first-order valence-corrected chi connectivity index (χ1v) is 12.4. The number of fused-ring (bicyclic) bond motifs is 3. The highest BCUT2D eigenvalue weighted by atomic mass is 32.2. The Hall–Kier alpha value is -1.92. The van der Waals surface area contributed by atoms with Gasteiger partial charge in [-0.25, -0.2) is 4.79 Å². The number of rotatable bonds is 4. The van der Waals surface area contributed by atoms with Crippen LogP contribution in [0.25, 0.3) is 0 Å². The van der Waals surface area contributed by atoms with Gasteiger partial charge < -0.3 is 14.8 Å². The zero-order valence-electron chi connectivity index (χ0n) is 18.6. The number of furan rings is 1. The van der Waals surface area contributed by atoms with Gasteiger partial charge in [-0.1, -0.05) is 19.9 Å². The van der Waals surface area contributed by atoms with E-state index in [2.05, 4.69) is 30.0 Å². The van der Waals surface area contributed by atoms with Crippen LogP contribution in [-0.4, -0.2) is 11.1 Å². The number of hydrogen-bond donors (Lipinski definition) is 3. The number of amides is 2. The van der Waals surface area contributed by atoms with Crippen LogP contribution in [0, 0.1) is 11.8 Å². The minimum atomic E-state index is -0.891. The largest absolute Gasteiger partial charge is 0.453 e. The van der Waals surface area contributed by atoms with Gasteiger partial charge in [0.1, 0.15) is 5.76 Å². The maximum Gasteiger partial charge on any atom is 0.329 e. The molecule has 1 heterocycles. The number of aliphatic hydroxyl groups is 1. The second kappa shape index (κ2) is 7.89. The number of urea groups is 1. The molecule has 0 radical (unpaired) electrons. The predicted octanol–water partition coefficient (Wildman–Crippen LogP) is 5.51. The predicted molar refractivity (Wildman–Crippen MR) is 123 cm³/mol. The maximum absolute atomic E-state index is 12.8. The average Bonchev–Trinajstić information content (AvgIpc) is 3.44. The van der Waals surface area contributed by atoms with E-state index in [0.29, 0.717) is 16.9 Å². The van der Waals surface area contributed by atoms with E-state index in [0.717, 1.165) is 55.5 Å². The van der Waals surface area contributed by atoms with Gasteiger partial charge in [-0.05, 0) is 92.0 Å². The Bertz CT molecular complexity index is 992. The summed E-state index contributed by atoms with van der Waals surface area (Å²) in [4.78, 5) is 12.8. The lowest BCUT2D eigenvalue weighted by atomic mass is 9.74. The zero-order chi connectivity index (χ0) is 21.8. The molecule has 0 spiro atoms. The normalized spacial score (nSPS) is 24.1. The number of nitrogens with one attached hydrogen (secondary N) is 2. The summed E-state index contributed by atoms with van der Waals surface area (Å²) < 4.78 is 8.92. The van der Waals surface area contributed by atoms with E-state index in [1.54, 1.807) is 0 Å². The molecule has 2 atom stereocenters. The Labute approximate surface area is 188 Å². The first kappa shape index (κ1) is 21.0. The van der Waals surface area contributed by atoms with Crippen molar-refractivity contribution >= 4 is 23.7 Å². The summed E-state index contributed by atoms with van der Waals surface area (Å²) in [6, 6.07) is 4.03. The van der Waals surface area contributed by atoms with Crippen molar-refractivity contribution in [3.05, 3.63) is 45.7 Å². The molecule has 166 valence electrons. The van der Waals surface area contributed by atoms with Crippen LogP contribution in [0.1, 0.15) is 73.6 Å². The molecule has 31 heavy (non-hydrogen) atoms. The minimum Gasteiger partial charge on any atom is -0.453 e. The number of aryl methyl sites for hydroxylation is 2. The van der Waals surface area contributed by atoms with Crippen LogP contribution >= 0.6 is 11.9 Å². The molecule has 0 fully saturated rings. The van der Waals surface area contributed by atoms with E-state index in [4.69, 9.17) is 4.42 Å². The van der Waals surface area contributed by atoms with Gasteiger partial charge >= 0.3 is 6.03 Å². The molecule has 0 aliphatic heterocycles. The Morgan fingerprint density at radius 2 is 1.84 bits per heavy atom. The van der Waals surface area contributed by atoms with Crippen LogP contribution in [0.4, 0.5) is 10.5 Å². The molecule has 1 aromatic carbocycles. The molecule has 0 saturated heterocycles. The van der Waals surface area contributed by atoms with Crippen molar-refractivity contribution in [1.29, 1.82) is 0 Å². The maximum atomic E-state index is 12.8. The SMILES string of the molecule is CC(C)C1Cc2oc(SNC(=O)Nc3c4c(cc5c3CCC5)CCC4)cc2C(C)(O)C1. The van der Waals surface area contributed by atoms with Crippen LogP contribution in [0.15, 0.2) is 21.6 Å². The molecule has 3 aliphatic rings. The lowest BCUT2D eigenvalue weighted by Crippen LogP contribution is -2.33. The Morgan fingerprint density at radius 3 is 2.48 bits per heavy atom. The van der Waals surface area contributed by atoms with E-state index in [9.17, 15) is 9.90 Å². The summed E-state index contributed by atoms with van der Waals surface area (Å²) in [6.07, 6.45) is 8.21. The quantitative estimate of drug-likeness (QED) is 0.548. The van der Waals surface area contributed by atoms with Crippen molar-refractivity contribution in [3.63, 3.8) is 0 Å². The Morgan fingerprint density at radius 1 is 1.16 bits per heavy atom. The first-order valence-electron chi connectivity index (χ1n) is 11.6. The molecule has 5 nitrogen and oxygen atoms in total. The van der Waals surface area contributed by atoms with Crippen LogP contribution < -0.4 is 10.0 Å². The van der Waals surface area contributed by atoms with Crippen LogP contribution in [0.3, 0.4) is 0 Å². The van der Waals surface area contributed by atoms with Crippen molar-refractivity contribution < 1.29 is 14.3 Å². The molecule has 2 amide bonds. The number of benzene rings is 1. The topological polar surface area (TPSA) is 74.5 Å². The molecule has 0 bridgehead atoms. The molecule has 2 unspecified atom stereocenters. The molecule has 2 aromatic rings. The summed E-state index contributed by atoms with van der Waals surface area (Å²) in [5, 5.41) is 14.7. The van der Waals surface area contributed by atoms with Gasteiger partial charge in [0, 0.05) is 29.6 Å². The van der Waals surface area contributed by atoms with E-state index in [1.165, 1.54) is 47.0 Å². The van der Waals surface area contributed by atoms with Crippen molar-refractivity contribution in [1.82, 2.24) is 4.72 Å². The summed E-state index contributed by atoms with van der Waals surface area (Å²) in [6.45, 7) is 6.24. The lowest BCUT2D eigenvalue weighted by molar-refractivity contribution is 0.00859.